The maximum absolute atomic E-state index is 13.4. The Hall–Kier alpha value is -3.44. The normalized spacial score (nSPS) is 12.7. The molecule has 0 fully saturated rings. The number of amides is 2. The summed E-state index contributed by atoms with van der Waals surface area (Å²) in [6.45, 7) is 8.14. The summed E-state index contributed by atoms with van der Waals surface area (Å²) in [5, 5.41) is 6.08. The van der Waals surface area contributed by atoms with E-state index in [1.54, 1.807) is 0 Å². The molecular formula is C27H32N3O2+. The monoisotopic (exact) mass is 430 g/mol. The van der Waals surface area contributed by atoms with Gasteiger partial charge in [-0.2, -0.15) is 0 Å². The van der Waals surface area contributed by atoms with E-state index in [0.29, 0.717) is 0 Å². The van der Waals surface area contributed by atoms with Crippen molar-refractivity contribution in [1.29, 1.82) is 0 Å². The quantitative estimate of drug-likeness (QED) is 0.535. The molecule has 0 aliphatic carbocycles. The van der Waals surface area contributed by atoms with Gasteiger partial charge in [-0.15, -0.1) is 0 Å². The second-order valence-electron chi connectivity index (χ2n) is 8.47. The number of quaternary nitrogens is 1. The summed E-state index contributed by atoms with van der Waals surface area (Å²) in [6, 6.07) is 20.9. The van der Waals surface area contributed by atoms with Crippen LogP contribution < -0.4 is 15.5 Å². The summed E-state index contributed by atoms with van der Waals surface area (Å²) in [5.74, 6) is -0.265. The Morgan fingerprint density at radius 1 is 0.812 bits per heavy atom. The van der Waals surface area contributed by atoms with Crippen molar-refractivity contribution in [3.8, 4) is 0 Å². The first-order chi connectivity index (χ1) is 15.3. The molecule has 0 aliphatic rings. The van der Waals surface area contributed by atoms with Crippen LogP contribution in [-0.2, 0) is 9.59 Å². The number of carbonyl (C=O) groups is 2. The molecule has 166 valence electrons. The van der Waals surface area contributed by atoms with Gasteiger partial charge in [0.15, 0.2) is 12.6 Å². The van der Waals surface area contributed by atoms with Crippen molar-refractivity contribution in [3.63, 3.8) is 0 Å². The molecule has 5 nitrogen and oxygen atoms in total. The Labute approximate surface area is 190 Å². The van der Waals surface area contributed by atoms with E-state index in [1.807, 2.05) is 101 Å². The van der Waals surface area contributed by atoms with Crippen molar-refractivity contribution >= 4 is 23.2 Å². The van der Waals surface area contributed by atoms with Crippen molar-refractivity contribution in [2.45, 2.75) is 33.7 Å². The summed E-state index contributed by atoms with van der Waals surface area (Å²) in [5.41, 5.74) is 6.72. The molecule has 5 heteroatoms. The molecule has 0 aliphatic heterocycles. The molecule has 0 heterocycles. The van der Waals surface area contributed by atoms with E-state index in [1.165, 1.54) is 0 Å². The van der Waals surface area contributed by atoms with Gasteiger partial charge in [-0.3, -0.25) is 9.59 Å². The lowest BCUT2D eigenvalue weighted by atomic mass is 10.0. The summed E-state index contributed by atoms with van der Waals surface area (Å²) in [6.07, 6.45) is 0. The van der Waals surface area contributed by atoms with Crippen LogP contribution >= 0.6 is 0 Å². The molecule has 0 bridgehead atoms. The van der Waals surface area contributed by atoms with Gasteiger partial charge >= 0.3 is 0 Å². The van der Waals surface area contributed by atoms with Crippen LogP contribution in [0.15, 0.2) is 66.7 Å². The summed E-state index contributed by atoms with van der Waals surface area (Å²) in [4.78, 5) is 27.0. The van der Waals surface area contributed by atoms with Crippen molar-refractivity contribution in [3.05, 3.63) is 94.5 Å². The third-order valence-corrected chi connectivity index (χ3v) is 5.86. The largest absolute Gasteiger partial charge is 0.321 e. The highest BCUT2D eigenvalue weighted by Gasteiger charge is 2.31. The van der Waals surface area contributed by atoms with Gasteiger partial charge in [-0.25, -0.2) is 0 Å². The molecule has 0 aromatic heterocycles. The number of hydrogen-bond donors (Lipinski definition) is 3. The highest BCUT2D eigenvalue weighted by atomic mass is 16.2. The zero-order chi connectivity index (χ0) is 23.3. The molecule has 0 saturated carbocycles. The molecule has 2 amide bonds. The van der Waals surface area contributed by atoms with Crippen molar-refractivity contribution in [2.75, 3.05) is 24.2 Å². The first kappa shape index (κ1) is 23.2. The molecule has 32 heavy (non-hydrogen) atoms. The maximum Gasteiger partial charge on any atom is 0.287 e. The fraction of sp³-hybridized carbons (Fsp3) is 0.259. The van der Waals surface area contributed by atoms with Gasteiger partial charge in [-0.05, 0) is 62.1 Å². The van der Waals surface area contributed by atoms with E-state index in [2.05, 4.69) is 10.6 Å². The molecule has 0 saturated heterocycles. The molecular weight excluding hydrogens is 398 g/mol. The number of carbonyl (C=O) groups excluding carboxylic acids is 2. The van der Waals surface area contributed by atoms with Crippen molar-refractivity contribution in [1.82, 2.24) is 0 Å². The molecule has 3 aromatic carbocycles. The van der Waals surface area contributed by atoms with Gasteiger partial charge in [0.05, 0.1) is 7.05 Å². The summed E-state index contributed by atoms with van der Waals surface area (Å²) >= 11 is 0. The van der Waals surface area contributed by atoms with Crippen LogP contribution in [0.4, 0.5) is 11.4 Å². The molecule has 3 rings (SSSR count). The standard InChI is InChI=1S/C27H31N3O2/c1-18-14-15-20(3)24(16-18)29-27(32)26(22-11-7-6-8-12-22)30(5)17-25(31)28-23-13-9-10-19(2)21(23)4/h6-16,26H,17H2,1-5H3,(H,28,31)(H,29,32)/p+1/t26-/m0/s1. The second kappa shape index (κ2) is 10.2. The van der Waals surface area contributed by atoms with Gasteiger partial charge in [0, 0.05) is 16.9 Å². The lowest BCUT2D eigenvalue weighted by Gasteiger charge is -2.25. The van der Waals surface area contributed by atoms with Gasteiger partial charge in [0.25, 0.3) is 11.8 Å². The van der Waals surface area contributed by atoms with Crippen molar-refractivity contribution < 1.29 is 14.5 Å². The lowest BCUT2D eigenvalue weighted by Crippen LogP contribution is -3.11. The third kappa shape index (κ3) is 5.62. The highest BCUT2D eigenvalue weighted by Crippen LogP contribution is 2.20. The van der Waals surface area contributed by atoms with Gasteiger partial charge in [0.2, 0.25) is 0 Å². The Bertz CT molecular complexity index is 1110. The predicted octanol–water partition coefficient (Wildman–Crippen LogP) is 3.75. The van der Waals surface area contributed by atoms with Crippen LogP contribution in [0.3, 0.4) is 0 Å². The zero-order valence-electron chi connectivity index (χ0n) is 19.5. The first-order valence-electron chi connectivity index (χ1n) is 10.9. The Balaban J connectivity index is 1.80. The fourth-order valence-corrected chi connectivity index (χ4v) is 3.82. The minimum Gasteiger partial charge on any atom is -0.321 e. The van der Waals surface area contributed by atoms with E-state index < -0.39 is 6.04 Å². The van der Waals surface area contributed by atoms with E-state index in [4.69, 9.17) is 0 Å². The van der Waals surface area contributed by atoms with Crippen LogP contribution in [0.1, 0.15) is 33.9 Å². The van der Waals surface area contributed by atoms with Crippen LogP contribution in [-0.4, -0.2) is 25.4 Å². The molecule has 1 unspecified atom stereocenters. The smallest absolute Gasteiger partial charge is 0.287 e. The number of hydrogen-bond acceptors (Lipinski definition) is 2. The van der Waals surface area contributed by atoms with Gasteiger partial charge < -0.3 is 15.5 Å². The topological polar surface area (TPSA) is 62.6 Å². The number of benzene rings is 3. The predicted molar refractivity (Wildman–Crippen MR) is 130 cm³/mol. The highest BCUT2D eigenvalue weighted by molar-refractivity contribution is 5.96. The Kier molecular flexibility index (Phi) is 7.44. The van der Waals surface area contributed by atoms with Gasteiger partial charge in [-0.1, -0.05) is 54.6 Å². The summed E-state index contributed by atoms with van der Waals surface area (Å²) < 4.78 is 0. The fourth-order valence-electron chi connectivity index (χ4n) is 3.82. The number of rotatable bonds is 7. The number of anilines is 2. The minimum atomic E-state index is -0.527. The lowest BCUT2D eigenvalue weighted by molar-refractivity contribution is -0.893. The average molecular weight is 431 g/mol. The van der Waals surface area contributed by atoms with Crippen LogP contribution in [0.25, 0.3) is 0 Å². The molecule has 3 aromatic rings. The van der Waals surface area contributed by atoms with E-state index >= 15 is 0 Å². The Morgan fingerprint density at radius 3 is 2.25 bits per heavy atom. The number of aryl methyl sites for hydroxylation is 3. The van der Waals surface area contributed by atoms with Crippen LogP contribution in [0.2, 0.25) is 0 Å². The molecule has 0 spiro atoms. The van der Waals surface area contributed by atoms with Crippen molar-refractivity contribution in [2.24, 2.45) is 0 Å². The zero-order valence-corrected chi connectivity index (χ0v) is 19.5. The molecule has 2 atom stereocenters. The van der Waals surface area contributed by atoms with Gasteiger partial charge in [0.1, 0.15) is 0 Å². The average Bonchev–Trinajstić information content (AvgIpc) is 2.75. The molecule has 3 N–H and O–H groups in total. The van der Waals surface area contributed by atoms with Crippen LogP contribution in [0.5, 0.6) is 0 Å². The molecule has 0 radical (unpaired) electrons. The van der Waals surface area contributed by atoms with E-state index in [9.17, 15) is 9.59 Å². The summed E-state index contributed by atoms with van der Waals surface area (Å²) in [7, 11) is 1.88. The van der Waals surface area contributed by atoms with Crippen LogP contribution in [0, 0.1) is 27.7 Å². The van der Waals surface area contributed by atoms with E-state index in [0.717, 1.165) is 44.1 Å². The minimum absolute atomic E-state index is 0.128. The third-order valence-electron chi connectivity index (χ3n) is 5.86. The maximum atomic E-state index is 13.4. The SMILES string of the molecule is Cc1ccc(C)c(NC(=O)[C@H](c2ccccc2)[NH+](C)CC(=O)Nc2cccc(C)c2C)c1. The first-order valence-corrected chi connectivity index (χ1v) is 10.9. The van der Waals surface area contributed by atoms with E-state index in [-0.39, 0.29) is 18.4 Å². The Morgan fingerprint density at radius 2 is 1.53 bits per heavy atom. The second-order valence-corrected chi connectivity index (χ2v) is 8.47. The number of likely N-dealkylation sites (N-methyl/N-ethyl adjacent to an activating group) is 1. The number of nitrogens with one attached hydrogen (secondary N) is 3.